The quantitative estimate of drug-likeness (QED) is 0.843. The van der Waals surface area contributed by atoms with Gasteiger partial charge in [0.15, 0.2) is 0 Å². The smallest absolute Gasteiger partial charge is 0.255 e. The minimum Gasteiger partial charge on any atom is -0.507 e. The van der Waals surface area contributed by atoms with Gasteiger partial charge in [0.2, 0.25) is 0 Å². The van der Waals surface area contributed by atoms with Gasteiger partial charge in [-0.3, -0.25) is 4.79 Å². The number of nitrogens with one attached hydrogen (secondary N) is 1. The first-order chi connectivity index (χ1) is 8.20. The summed E-state index contributed by atoms with van der Waals surface area (Å²) in [5.74, 6) is 0.289. The Morgan fingerprint density at radius 3 is 2.71 bits per heavy atom. The molecule has 1 aromatic carbocycles. The number of amides is 1. The molecule has 0 saturated heterocycles. The summed E-state index contributed by atoms with van der Waals surface area (Å²) >= 11 is 0. The molecule has 0 atom stereocenters. The molecule has 0 aromatic heterocycles. The summed E-state index contributed by atoms with van der Waals surface area (Å²) in [6, 6.07) is 4.95. The molecule has 92 valence electrons. The fraction of sp³-hybridized carbons (Fsp3) is 0.462. The van der Waals surface area contributed by atoms with Crippen LogP contribution in [0.5, 0.6) is 11.5 Å². The van der Waals surface area contributed by atoms with Crippen molar-refractivity contribution in [3.05, 3.63) is 23.8 Å². The second-order valence-electron chi connectivity index (χ2n) is 4.34. The Morgan fingerprint density at radius 2 is 2.12 bits per heavy atom. The van der Waals surface area contributed by atoms with E-state index in [0.29, 0.717) is 11.3 Å². The fourth-order valence-electron chi connectivity index (χ4n) is 2.16. The van der Waals surface area contributed by atoms with Crippen molar-refractivity contribution >= 4 is 5.91 Å². The first-order valence-corrected chi connectivity index (χ1v) is 5.88. The summed E-state index contributed by atoms with van der Waals surface area (Å²) < 4.78 is 4.97. The number of ether oxygens (including phenoxy) is 1. The summed E-state index contributed by atoms with van der Waals surface area (Å²) in [5, 5.41) is 12.7. The Balaban J connectivity index is 2.07. The molecule has 1 aliphatic carbocycles. The van der Waals surface area contributed by atoms with E-state index >= 15 is 0 Å². The molecule has 0 aliphatic heterocycles. The Labute approximate surface area is 101 Å². The van der Waals surface area contributed by atoms with Gasteiger partial charge < -0.3 is 15.2 Å². The molecule has 1 amide bonds. The molecule has 4 heteroatoms. The summed E-state index contributed by atoms with van der Waals surface area (Å²) in [5.41, 5.74) is 0.303. The number of phenolic OH excluding ortho intramolecular Hbond substituents is 1. The number of benzene rings is 1. The summed E-state index contributed by atoms with van der Waals surface area (Å²) in [4.78, 5) is 11.9. The molecule has 0 radical (unpaired) electrons. The van der Waals surface area contributed by atoms with E-state index in [1.54, 1.807) is 12.1 Å². The number of rotatable bonds is 3. The lowest BCUT2D eigenvalue weighted by atomic mass is 10.1. The highest BCUT2D eigenvalue weighted by molar-refractivity contribution is 5.97. The van der Waals surface area contributed by atoms with Gasteiger partial charge in [0, 0.05) is 12.1 Å². The molecule has 2 N–H and O–H groups in total. The van der Waals surface area contributed by atoms with Crippen LogP contribution in [0.1, 0.15) is 36.0 Å². The molecule has 1 aromatic rings. The molecule has 1 aliphatic rings. The zero-order valence-electron chi connectivity index (χ0n) is 9.90. The van der Waals surface area contributed by atoms with Crippen LogP contribution in [0.4, 0.5) is 0 Å². The van der Waals surface area contributed by atoms with Crippen molar-refractivity contribution in [2.45, 2.75) is 31.7 Å². The van der Waals surface area contributed by atoms with E-state index in [-0.39, 0.29) is 17.7 Å². The third-order valence-corrected chi connectivity index (χ3v) is 3.14. The maximum absolute atomic E-state index is 11.9. The van der Waals surface area contributed by atoms with E-state index in [1.165, 1.54) is 26.0 Å². The van der Waals surface area contributed by atoms with E-state index in [1.807, 2.05) is 0 Å². The van der Waals surface area contributed by atoms with E-state index in [4.69, 9.17) is 4.74 Å². The van der Waals surface area contributed by atoms with E-state index in [2.05, 4.69) is 5.32 Å². The van der Waals surface area contributed by atoms with Crippen LogP contribution in [0.2, 0.25) is 0 Å². The van der Waals surface area contributed by atoms with Gasteiger partial charge >= 0.3 is 0 Å². The van der Waals surface area contributed by atoms with Gasteiger partial charge in [0.25, 0.3) is 5.91 Å². The summed E-state index contributed by atoms with van der Waals surface area (Å²) in [6.07, 6.45) is 4.39. The van der Waals surface area contributed by atoms with Crippen molar-refractivity contribution in [2.24, 2.45) is 0 Å². The third-order valence-electron chi connectivity index (χ3n) is 3.14. The maximum Gasteiger partial charge on any atom is 0.255 e. The van der Waals surface area contributed by atoms with E-state index in [9.17, 15) is 9.90 Å². The van der Waals surface area contributed by atoms with Crippen molar-refractivity contribution in [2.75, 3.05) is 7.11 Å². The van der Waals surface area contributed by atoms with Crippen LogP contribution in [-0.4, -0.2) is 24.2 Å². The molecule has 1 fully saturated rings. The lowest BCUT2D eigenvalue weighted by molar-refractivity contribution is 0.0935. The maximum atomic E-state index is 11.9. The molecule has 17 heavy (non-hydrogen) atoms. The van der Waals surface area contributed by atoms with Crippen LogP contribution < -0.4 is 10.1 Å². The zero-order chi connectivity index (χ0) is 12.3. The minimum atomic E-state index is -0.211. The molecule has 2 rings (SSSR count). The Bertz CT molecular complexity index is 411. The highest BCUT2D eigenvalue weighted by Crippen LogP contribution is 2.24. The number of hydrogen-bond donors (Lipinski definition) is 2. The normalized spacial score (nSPS) is 15.8. The Morgan fingerprint density at radius 1 is 1.41 bits per heavy atom. The number of hydrogen-bond acceptors (Lipinski definition) is 3. The fourth-order valence-corrected chi connectivity index (χ4v) is 2.16. The predicted molar refractivity (Wildman–Crippen MR) is 64.4 cm³/mol. The van der Waals surface area contributed by atoms with Gasteiger partial charge in [-0.25, -0.2) is 0 Å². The molecule has 0 heterocycles. The summed E-state index contributed by atoms with van der Waals surface area (Å²) in [7, 11) is 1.52. The topological polar surface area (TPSA) is 58.6 Å². The lowest BCUT2D eigenvalue weighted by Gasteiger charge is -2.13. The minimum absolute atomic E-state index is 0.0418. The number of carbonyl (C=O) groups is 1. The van der Waals surface area contributed by atoms with Crippen LogP contribution in [0, 0.1) is 0 Å². The highest BCUT2D eigenvalue weighted by Gasteiger charge is 2.19. The van der Waals surface area contributed by atoms with Gasteiger partial charge in [-0.1, -0.05) is 12.8 Å². The van der Waals surface area contributed by atoms with Gasteiger partial charge in [0.05, 0.1) is 12.7 Å². The predicted octanol–water partition coefficient (Wildman–Crippen LogP) is 2.07. The van der Waals surface area contributed by atoms with Gasteiger partial charge in [0.1, 0.15) is 11.5 Å². The molecule has 0 spiro atoms. The standard InChI is InChI=1S/C13H17NO3/c1-17-10-6-7-11(12(15)8-10)13(16)14-9-4-2-3-5-9/h6-9,15H,2-5H2,1H3,(H,14,16). The van der Waals surface area contributed by atoms with Crippen LogP contribution in [0.15, 0.2) is 18.2 Å². The monoisotopic (exact) mass is 235 g/mol. The van der Waals surface area contributed by atoms with Crippen LogP contribution in [0.25, 0.3) is 0 Å². The zero-order valence-corrected chi connectivity index (χ0v) is 9.90. The molecule has 0 unspecified atom stereocenters. The second kappa shape index (κ2) is 5.08. The van der Waals surface area contributed by atoms with Crippen molar-refractivity contribution in [3.63, 3.8) is 0 Å². The number of carbonyl (C=O) groups excluding carboxylic acids is 1. The van der Waals surface area contributed by atoms with Gasteiger partial charge in [-0.15, -0.1) is 0 Å². The molecule has 0 bridgehead atoms. The van der Waals surface area contributed by atoms with Crippen LogP contribution in [-0.2, 0) is 0 Å². The van der Waals surface area contributed by atoms with E-state index < -0.39 is 0 Å². The Kier molecular flexibility index (Phi) is 3.52. The van der Waals surface area contributed by atoms with Crippen molar-refractivity contribution < 1.29 is 14.6 Å². The first-order valence-electron chi connectivity index (χ1n) is 5.88. The number of aromatic hydroxyl groups is 1. The summed E-state index contributed by atoms with van der Waals surface area (Å²) in [6.45, 7) is 0. The van der Waals surface area contributed by atoms with Gasteiger partial charge in [-0.2, -0.15) is 0 Å². The third kappa shape index (κ3) is 2.70. The highest BCUT2D eigenvalue weighted by atomic mass is 16.5. The molecule has 4 nitrogen and oxygen atoms in total. The largest absolute Gasteiger partial charge is 0.507 e. The molecular weight excluding hydrogens is 218 g/mol. The van der Waals surface area contributed by atoms with Crippen LogP contribution >= 0.6 is 0 Å². The first kappa shape index (κ1) is 11.8. The lowest BCUT2D eigenvalue weighted by Crippen LogP contribution is -2.32. The van der Waals surface area contributed by atoms with Crippen molar-refractivity contribution in [1.29, 1.82) is 0 Å². The number of phenols is 1. The van der Waals surface area contributed by atoms with Crippen molar-refractivity contribution in [3.8, 4) is 11.5 Å². The van der Waals surface area contributed by atoms with E-state index in [0.717, 1.165) is 12.8 Å². The molecular formula is C13H17NO3. The Hall–Kier alpha value is -1.71. The second-order valence-corrected chi connectivity index (χ2v) is 4.34. The van der Waals surface area contributed by atoms with Crippen LogP contribution in [0.3, 0.4) is 0 Å². The SMILES string of the molecule is COc1ccc(C(=O)NC2CCCC2)c(O)c1. The van der Waals surface area contributed by atoms with Crippen molar-refractivity contribution in [1.82, 2.24) is 5.32 Å². The average molecular weight is 235 g/mol. The average Bonchev–Trinajstić information content (AvgIpc) is 2.81. The van der Waals surface area contributed by atoms with Gasteiger partial charge in [-0.05, 0) is 25.0 Å². The number of methoxy groups -OCH3 is 1. The molecule has 1 saturated carbocycles.